The fourth-order valence-electron chi connectivity index (χ4n) is 2.63. The smallest absolute Gasteiger partial charge is 0.343 e. The van der Waals surface area contributed by atoms with Gasteiger partial charge in [-0.15, -0.1) is 0 Å². The Balaban J connectivity index is 2.07. The summed E-state index contributed by atoms with van der Waals surface area (Å²) in [5, 5.41) is 10.6. The van der Waals surface area contributed by atoms with Crippen molar-refractivity contribution in [3.8, 4) is 11.5 Å². The Kier molecular flexibility index (Phi) is 3.73. The lowest BCUT2D eigenvalue weighted by Crippen LogP contribution is -2.10. The molecule has 0 unspecified atom stereocenters. The fourth-order valence-corrected chi connectivity index (χ4v) is 2.63. The number of ether oxygens (including phenoxy) is 3. The van der Waals surface area contributed by atoms with E-state index < -0.39 is 18.2 Å². The number of aliphatic hydroxyl groups excluding tert-OH is 1. The van der Waals surface area contributed by atoms with E-state index in [0.717, 1.165) is 0 Å². The number of methoxy groups -OCH3 is 2. The topological polar surface area (TPSA) is 65.0 Å². The molecule has 1 aliphatic heterocycles. The second-order valence-electron chi connectivity index (χ2n) is 4.98. The standard InChI is InChI=1S/C17H16O5/c1-20-11-8-12-14(13(9-11)21-2)17(19)22-16(12)15(18)10-6-4-3-5-7-10/h3-9,15-16,18H,1-2H3/t15-,16-/m0/s1. The molecule has 1 N–H and O–H groups in total. The van der Waals surface area contributed by atoms with Gasteiger partial charge in [-0.05, 0) is 11.6 Å². The lowest BCUT2D eigenvalue weighted by Gasteiger charge is -2.19. The van der Waals surface area contributed by atoms with Crippen molar-refractivity contribution in [1.29, 1.82) is 0 Å². The average Bonchev–Trinajstić information content (AvgIpc) is 2.91. The first kappa shape index (κ1) is 14.4. The molecule has 5 heteroatoms. The molecule has 0 saturated heterocycles. The van der Waals surface area contributed by atoms with Crippen molar-refractivity contribution in [3.05, 3.63) is 59.2 Å². The van der Waals surface area contributed by atoms with Crippen LogP contribution in [0.1, 0.15) is 33.7 Å². The van der Waals surface area contributed by atoms with Crippen LogP contribution in [0.25, 0.3) is 0 Å². The predicted molar refractivity (Wildman–Crippen MR) is 79.1 cm³/mol. The molecule has 0 spiro atoms. The van der Waals surface area contributed by atoms with Crippen LogP contribution in [-0.4, -0.2) is 25.3 Å². The maximum absolute atomic E-state index is 12.1. The van der Waals surface area contributed by atoms with Gasteiger partial charge >= 0.3 is 5.97 Å². The van der Waals surface area contributed by atoms with Gasteiger partial charge in [0.2, 0.25) is 0 Å². The number of hydrogen-bond acceptors (Lipinski definition) is 5. The first-order valence-electron chi connectivity index (χ1n) is 6.85. The summed E-state index contributed by atoms with van der Waals surface area (Å²) >= 11 is 0. The molecule has 0 bridgehead atoms. The Hall–Kier alpha value is -2.53. The number of hydrogen-bond donors (Lipinski definition) is 1. The SMILES string of the molecule is COc1cc(OC)c2c(c1)[C@@H]([C@@H](O)c1ccccc1)OC2=O. The van der Waals surface area contributed by atoms with Gasteiger partial charge in [0.15, 0.2) is 6.10 Å². The highest BCUT2D eigenvalue weighted by molar-refractivity contribution is 5.97. The van der Waals surface area contributed by atoms with Gasteiger partial charge < -0.3 is 19.3 Å². The van der Waals surface area contributed by atoms with Crippen LogP contribution in [0.5, 0.6) is 11.5 Å². The summed E-state index contributed by atoms with van der Waals surface area (Å²) in [6.07, 6.45) is -1.74. The van der Waals surface area contributed by atoms with Crippen LogP contribution in [-0.2, 0) is 4.74 Å². The van der Waals surface area contributed by atoms with E-state index in [1.54, 1.807) is 24.3 Å². The molecule has 5 nitrogen and oxygen atoms in total. The van der Waals surface area contributed by atoms with E-state index in [9.17, 15) is 9.90 Å². The van der Waals surface area contributed by atoms with E-state index in [1.807, 2.05) is 18.2 Å². The summed E-state index contributed by atoms with van der Waals surface area (Å²) in [4.78, 5) is 12.1. The van der Waals surface area contributed by atoms with Gasteiger partial charge in [-0.2, -0.15) is 0 Å². The molecular weight excluding hydrogens is 284 g/mol. The quantitative estimate of drug-likeness (QED) is 0.879. The van der Waals surface area contributed by atoms with E-state index in [2.05, 4.69) is 0 Å². The molecule has 1 aliphatic rings. The molecule has 0 fully saturated rings. The van der Waals surface area contributed by atoms with Gasteiger partial charge in [0.25, 0.3) is 0 Å². The fraction of sp³-hybridized carbons (Fsp3) is 0.235. The summed E-state index contributed by atoms with van der Waals surface area (Å²) in [7, 11) is 3.00. The first-order chi connectivity index (χ1) is 10.7. The van der Waals surface area contributed by atoms with Gasteiger partial charge in [-0.1, -0.05) is 30.3 Å². The third-order valence-electron chi connectivity index (χ3n) is 3.73. The normalized spacial score (nSPS) is 17.6. The Labute approximate surface area is 128 Å². The number of fused-ring (bicyclic) bond motifs is 1. The molecule has 2 atom stereocenters. The van der Waals surface area contributed by atoms with Crippen LogP contribution >= 0.6 is 0 Å². The van der Waals surface area contributed by atoms with Crippen LogP contribution in [0.15, 0.2) is 42.5 Å². The molecule has 22 heavy (non-hydrogen) atoms. The molecule has 114 valence electrons. The summed E-state index contributed by atoms with van der Waals surface area (Å²) in [6.45, 7) is 0. The number of benzene rings is 2. The van der Waals surface area contributed by atoms with Crippen molar-refractivity contribution >= 4 is 5.97 Å². The predicted octanol–water partition coefficient (Wildman–Crippen LogP) is 2.65. The first-order valence-corrected chi connectivity index (χ1v) is 6.85. The van der Waals surface area contributed by atoms with Crippen LogP contribution < -0.4 is 9.47 Å². The number of cyclic esters (lactones) is 1. The second-order valence-corrected chi connectivity index (χ2v) is 4.98. The minimum atomic E-state index is -0.955. The Morgan fingerprint density at radius 2 is 1.86 bits per heavy atom. The molecule has 0 saturated carbocycles. The van der Waals surface area contributed by atoms with Crippen LogP contribution in [0.2, 0.25) is 0 Å². The number of carbonyl (C=O) groups is 1. The van der Waals surface area contributed by atoms with Crippen molar-refractivity contribution in [2.75, 3.05) is 14.2 Å². The minimum Gasteiger partial charge on any atom is -0.497 e. The molecule has 0 aromatic heterocycles. The highest BCUT2D eigenvalue weighted by atomic mass is 16.6. The van der Waals surface area contributed by atoms with E-state index >= 15 is 0 Å². The van der Waals surface area contributed by atoms with Crippen molar-refractivity contribution in [1.82, 2.24) is 0 Å². The molecule has 0 aliphatic carbocycles. The highest BCUT2D eigenvalue weighted by Gasteiger charge is 2.39. The monoisotopic (exact) mass is 300 g/mol. The molecule has 2 aromatic rings. The molecule has 3 rings (SSSR count). The van der Waals surface area contributed by atoms with Crippen molar-refractivity contribution in [2.24, 2.45) is 0 Å². The van der Waals surface area contributed by atoms with Crippen molar-refractivity contribution in [2.45, 2.75) is 12.2 Å². The van der Waals surface area contributed by atoms with Crippen molar-refractivity contribution < 1.29 is 24.1 Å². The zero-order chi connectivity index (χ0) is 15.7. The van der Waals surface area contributed by atoms with E-state index in [-0.39, 0.29) is 0 Å². The minimum absolute atomic E-state index is 0.336. The average molecular weight is 300 g/mol. The Morgan fingerprint density at radius 3 is 2.50 bits per heavy atom. The van der Waals surface area contributed by atoms with Crippen molar-refractivity contribution in [3.63, 3.8) is 0 Å². The van der Waals surface area contributed by atoms with Gasteiger partial charge in [-0.3, -0.25) is 0 Å². The van der Waals surface area contributed by atoms with Crippen LogP contribution in [0, 0.1) is 0 Å². The largest absolute Gasteiger partial charge is 0.497 e. The number of rotatable bonds is 4. The number of esters is 1. The number of aliphatic hydroxyl groups is 1. The molecule has 1 heterocycles. The Bertz CT molecular complexity index is 696. The summed E-state index contributed by atoms with van der Waals surface area (Å²) in [5.41, 5.74) is 1.58. The van der Waals surface area contributed by atoms with Gasteiger partial charge in [0, 0.05) is 11.6 Å². The van der Waals surface area contributed by atoms with Gasteiger partial charge in [0.05, 0.1) is 14.2 Å². The van der Waals surface area contributed by atoms with E-state index in [4.69, 9.17) is 14.2 Å². The Morgan fingerprint density at radius 1 is 1.14 bits per heavy atom. The zero-order valence-electron chi connectivity index (χ0n) is 12.3. The summed E-state index contributed by atoms with van der Waals surface area (Å²) in [5.74, 6) is 0.413. The van der Waals surface area contributed by atoms with E-state index in [0.29, 0.717) is 28.2 Å². The summed E-state index contributed by atoms with van der Waals surface area (Å²) in [6, 6.07) is 12.4. The van der Waals surface area contributed by atoms with Gasteiger partial charge in [0.1, 0.15) is 23.2 Å². The molecular formula is C17H16O5. The lowest BCUT2D eigenvalue weighted by atomic mass is 9.96. The second kappa shape index (κ2) is 5.69. The number of carbonyl (C=O) groups excluding carboxylic acids is 1. The van der Waals surface area contributed by atoms with Crippen LogP contribution in [0.3, 0.4) is 0 Å². The van der Waals surface area contributed by atoms with Gasteiger partial charge in [-0.25, -0.2) is 4.79 Å². The van der Waals surface area contributed by atoms with Crippen LogP contribution in [0.4, 0.5) is 0 Å². The third kappa shape index (κ3) is 2.29. The summed E-state index contributed by atoms with van der Waals surface area (Å²) < 4.78 is 15.8. The maximum atomic E-state index is 12.1. The third-order valence-corrected chi connectivity index (χ3v) is 3.73. The zero-order valence-corrected chi connectivity index (χ0v) is 12.3. The molecule has 2 aromatic carbocycles. The highest BCUT2D eigenvalue weighted by Crippen LogP contribution is 2.44. The van der Waals surface area contributed by atoms with E-state index in [1.165, 1.54) is 14.2 Å². The maximum Gasteiger partial charge on any atom is 0.343 e. The lowest BCUT2D eigenvalue weighted by molar-refractivity contribution is -0.0103. The molecule has 0 amide bonds. The molecule has 0 radical (unpaired) electrons.